The molecule has 34 heavy (non-hydrogen) atoms. The van der Waals surface area contributed by atoms with Crippen LogP contribution >= 0.6 is 0 Å². The zero-order chi connectivity index (χ0) is 25.0. The molecular weight excluding hydrogens is 442 g/mol. The summed E-state index contributed by atoms with van der Waals surface area (Å²) in [5.74, 6) is -0.0903. The van der Waals surface area contributed by atoms with Gasteiger partial charge in [0.2, 0.25) is 5.75 Å². The van der Waals surface area contributed by atoms with Gasteiger partial charge in [0.15, 0.2) is 16.9 Å². The van der Waals surface area contributed by atoms with Gasteiger partial charge in [-0.2, -0.15) is 0 Å². The van der Waals surface area contributed by atoms with E-state index in [1.165, 1.54) is 34.5 Å². The van der Waals surface area contributed by atoms with E-state index in [9.17, 15) is 14.4 Å². The number of hydrogen-bond acceptors (Lipinski definition) is 8. The van der Waals surface area contributed by atoms with Crippen molar-refractivity contribution in [2.24, 2.45) is 5.92 Å². The number of amides is 1. The van der Waals surface area contributed by atoms with Gasteiger partial charge >= 0.3 is 5.97 Å². The van der Waals surface area contributed by atoms with Crippen LogP contribution in [0.4, 0.5) is 0 Å². The predicted molar refractivity (Wildman–Crippen MR) is 126 cm³/mol. The van der Waals surface area contributed by atoms with Crippen LogP contribution in [0, 0.1) is 5.92 Å². The molecule has 0 spiro atoms. The van der Waals surface area contributed by atoms with Gasteiger partial charge in [-0.25, -0.2) is 4.79 Å². The Balaban J connectivity index is 2.06. The minimum atomic E-state index is -0.797. The topological polar surface area (TPSA) is 113 Å². The van der Waals surface area contributed by atoms with Crippen molar-refractivity contribution in [3.8, 4) is 28.6 Å². The number of methoxy groups -OCH3 is 4. The van der Waals surface area contributed by atoms with E-state index in [-0.39, 0.29) is 39.6 Å². The number of ether oxygens (including phenoxy) is 4. The van der Waals surface area contributed by atoms with E-state index in [2.05, 4.69) is 5.32 Å². The molecule has 180 valence electrons. The standard InChI is InChI=1S/C25H27NO8/c1-13(2)21(25(29)33-6)26-24(28)15-9-7-8-14(10-15)17-11-16(27)20-18(34-17)12-19(30-3)22(31-4)23(20)32-5/h7-13,21H,1-6H3,(H,26,28)/t21-/m0/s1. The highest BCUT2D eigenvalue weighted by molar-refractivity contribution is 5.98. The highest BCUT2D eigenvalue weighted by atomic mass is 16.5. The Hall–Kier alpha value is -4.01. The van der Waals surface area contributed by atoms with Crippen molar-refractivity contribution in [1.82, 2.24) is 5.32 Å². The van der Waals surface area contributed by atoms with Gasteiger partial charge in [0.25, 0.3) is 5.91 Å². The molecule has 0 aliphatic carbocycles. The lowest BCUT2D eigenvalue weighted by atomic mass is 10.0. The van der Waals surface area contributed by atoms with Crippen LogP contribution in [0.25, 0.3) is 22.3 Å². The Labute approximate surface area is 196 Å². The van der Waals surface area contributed by atoms with Crippen LogP contribution in [0.5, 0.6) is 17.2 Å². The molecule has 9 heteroatoms. The number of rotatable bonds is 8. The molecule has 1 N–H and O–H groups in total. The minimum absolute atomic E-state index is 0.167. The monoisotopic (exact) mass is 469 g/mol. The van der Waals surface area contributed by atoms with Gasteiger partial charge in [0.05, 0.1) is 28.4 Å². The summed E-state index contributed by atoms with van der Waals surface area (Å²) in [4.78, 5) is 37.8. The van der Waals surface area contributed by atoms with Crippen LogP contribution in [0.15, 0.2) is 45.6 Å². The van der Waals surface area contributed by atoms with Gasteiger partial charge < -0.3 is 28.7 Å². The van der Waals surface area contributed by atoms with Crippen LogP contribution in [-0.2, 0) is 9.53 Å². The second-order valence-corrected chi connectivity index (χ2v) is 7.79. The van der Waals surface area contributed by atoms with Crippen molar-refractivity contribution in [1.29, 1.82) is 0 Å². The molecule has 0 aliphatic rings. The third kappa shape index (κ3) is 4.68. The van der Waals surface area contributed by atoms with Crippen LogP contribution in [-0.4, -0.2) is 46.4 Å². The van der Waals surface area contributed by atoms with E-state index >= 15 is 0 Å². The van der Waals surface area contributed by atoms with Crippen molar-refractivity contribution < 1.29 is 33.0 Å². The fourth-order valence-electron chi connectivity index (χ4n) is 3.59. The SMILES string of the molecule is COC(=O)[C@@H](NC(=O)c1cccc(-c2cc(=O)c3c(OC)c(OC)c(OC)cc3o2)c1)C(C)C. The number of esters is 1. The molecule has 0 radical (unpaired) electrons. The third-order valence-electron chi connectivity index (χ3n) is 5.34. The number of fused-ring (bicyclic) bond motifs is 1. The molecule has 0 aliphatic heterocycles. The summed E-state index contributed by atoms with van der Waals surface area (Å²) in [6, 6.07) is 8.61. The summed E-state index contributed by atoms with van der Waals surface area (Å²) in [5, 5.41) is 2.90. The first kappa shape index (κ1) is 24.6. The van der Waals surface area contributed by atoms with Gasteiger partial charge in [-0.05, 0) is 18.1 Å². The Morgan fingerprint density at radius 2 is 1.65 bits per heavy atom. The van der Waals surface area contributed by atoms with Gasteiger partial charge in [0, 0.05) is 23.3 Å². The third-order valence-corrected chi connectivity index (χ3v) is 5.34. The molecule has 1 aromatic heterocycles. The Kier molecular flexibility index (Phi) is 7.45. The van der Waals surface area contributed by atoms with Crippen LogP contribution in [0.1, 0.15) is 24.2 Å². The molecule has 0 bridgehead atoms. The number of carbonyl (C=O) groups excluding carboxylic acids is 2. The average Bonchev–Trinajstić information content (AvgIpc) is 2.84. The lowest BCUT2D eigenvalue weighted by molar-refractivity contribution is -0.144. The molecular formula is C25H27NO8. The first-order chi connectivity index (χ1) is 16.2. The van der Waals surface area contributed by atoms with Gasteiger partial charge in [0.1, 0.15) is 22.8 Å². The summed E-state index contributed by atoms with van der Waals surface area (Å²) in [7, 11) is 5.60. The zero-order valence-electron chi connectivity index (χ0n) is 19.9. The lowest BCUT2D eigenvalue weighted by Crippen LogP contribution is -2.45. The lowest BCUT2D eigenvalue weighted by Gasteiger charge is -2.20. The quantitative estimate of drug-likeness (QED) is 0.500. The maximum atomic E-state index is 13.0. The van der Waals surface area contributed by atoms with Crippen molar-refractivity contribution in [2.75, 3.05) is 28.4 Å². The maximum absolute atomic E-state index is 13.0. The van der Waals surface area contributed by atoms with Crippen molar-refractivity contribution >= 4 is 22.8 Å². The second kappa shape index (κ2) is 10.3. The molecule has 3 rings (SSSR count). The fraction of sp³-hybridized carbons (Fsp3) is 0.320. The van der Waals surface area contributed by atoms with Crippen molar-refractivity contribution in [3.63, 3.8) is 0 Å². The Bertz CT molecular complexity index is 1280. The number of hydrogen-bond donors (Lipinski definition) is 1. The first-order valence-corrected chi connectivity index (χ1v) is 10.5. The average molecular weight is 469 g/mol. The van der Waals surface area contributed by atoms with Crippen LogP contribution < -0.4 is 25.0 Å². The molecule has 3 aromatic rings. The van der Waals surface area contributed by atoms with Crippen molar-refractivity contribution in [2.45, 2.75) is 19.9 Å². The summed E-state index contributed by atoms with van der Waals surface area (Å²) >= 11 is 0. The van der Waals surface area contributed by atoms with Crippen molar-refractivity contribution in [3.05, 3.63) is 52.2 Å². The number of carbonyl (C=O) groups is 2. The zero-order valence-corrected chi connectivity index (χ0v) is 19.9. The Morgan fingerprint density at radius 3 is 2.24 bits per heavy atom. The van der Waals surface area contributed by atoms with E-state index < -0.39 is 17.9 Å². The fourth-order valence-corrected chi connectivity index (χ4v) is 3.59. The highest BCUT2D eigenvalue weighted by Gasteiger charge is 2.26. The van der Waals surface area contributed by atoms with E-state index in [0.29, 0.717) is 16.9 Å². The van der Waals surface area contributed by atoms with Crippen LogP contribution in [0.3, 0.4) is 0 Å². The van der Waals surface area contributed by atoms with Gasteiger partial charge in [-0.3, -0.25) is 9.59 Å². The number of benzene rings is 2. The minimum Gasteiger partial charge on any atom is -0.493 e. The van der Waals surface area contributed by atoms with E-state index in [4.69, 9.17) is 23.4 Å². The predicted octanol–water partition coefficient (Wildman–Crippen LogP) is 3.41. The maximum Gasteiger partial charge on any atom is 0.328 e. The molecule has 0 saturated heterocycles. The normalized spacial score (nSPS) is 11.7. The highest BCUT2D eigenvalue weighted by Crippen LogP contribution is 2.42. The molecule has 1 atom stereocenters. The van der Waals surface area contributed by atoms with Gasteiger partial charge in [-0.15, -0.1) is 0 Å². The molecule has 1 heterocycles. The summed E-state index contributed by atoms with van der Waals surface area (Å²) in [5.41, 5.74) is 0.672. The first-order valence-electron chi connectivity index (χ1n) is 10.5. The van der Waals surface area contributed by atoms with E-state index in [1.54, 1.807) is 44.2 Å². The molecule has 1 amide bonds. The summed E-state index contributed by atoms with van der Waals surface area (Å²) in [6.07, 6.45) is 0. The number of nitrogens with one attached hydrogen (secondary N) is 1. The smallest absolute Gasteiger partial charge is 0.328 e. The molecule has 0 fully saturated rings. The molecule has 9 nitrogen and oxygen atoms in total. The van der Waals surface area contributed by atoms with E-state index in [1.807, 2.05) is 0 Å². The van der Waals surface area contributed by atoms with Crippen LogP contribution in [0.2, 0.25) is 0 Å². The van der Waals surface area contributed by atoms with Gasteiger partial charge in [-0.1, -0.05) is 26.0 Å². The second-order valence-electron chi connectivity index (χ2n) is 7.79. The summed E-state index contributed by atoms with van der Waals surface area (Å²) < 4.78 is 26.9. The Morgan fingerprint density at radius 1 is 0.941 bits per heavy atom. The molecule has 2 aromatic carbocycles. The molecule has 0 saturated carbocycles. The molecule has 0 unspecified atom stereocenters. The largest absolute Gasteiger partial charge is 0.493 e. The van der Waals surface area contributed by atoms with E-state index in [0.717, 1.165) is 0 Å². The summed E-state index contributed by atoms with van der Waals surface area (Å²) in [6.45, 7) is 3.61.